The lowest BCUT2D eigenvalue weighted by Crippen LogP contribution is -2.14. The highest BCUT2D eigenvalue weighted by molar-refractivity contribution is 6.04. The molecular formula is C19H16F2N4O3. The van der Waals surface area contributed by atoms with E-state index in [0.717, 1.165) is 12.1 Å². The van der Waals surface area contributed by atoms with E-state index in [1.54, 1.807) is 18.2 Å². The molecule has 0 saturated heterocycles. The van der Waals surface area contributed by atoms with Crippen molar-refractivity contribution in [1.29, 1.82) is 0 Å². The van der Waals surface area contributed by atoms with E-state index in [9.17, 15) is 13.6 Å². The predicted octanol–water partition coefficient (Wildman–Crippen LogP) is 3.77. The third-order valence-corrected chi connectivity index (χ3v) is 3.77. The third kappa shape index (κ3) is 4.14. The summed E-state index contributed by atoms with van der Waals surface area (Å²) in [5, 5.41) is 5.12. The summed E-state index contributed by atoms with van der Waals surface area (Å²) in [4.78, 5) is 20.3. The lowest BCUT2D eigenvalue weighted by Gasteiger charge is -2.12. The van der Waals surface area contributed by atoms with Crippen LogP contribution in [0.2, 0.25) is 0 Å². The largest absolute Gasteiger partial charge is 0.497 e. The average molecular weight is 386 g/mol. The minimum absolute atomic E-state index is 0.0560. The second-order valence-corrected chi connectivity index (χ2v) is 5.54. The van der Waals surface area contributed by atoms with E-state index in [4.69, 9.17) is 9.47 Å². The first-order valence-corrected chi connectivity index (χ1v) is 8.08. The summed E-state index contributed by atoms with van der Waals surface area (Å²) in [6, 6.07) is 8.41. The van der Waals surface area contributed by atoms with Gasteiger partial charge in [-0.3, -0.25) is 4.79 Å². The maximum Gasteiger partial charge on any atom is 0.258 e. The van der Waals surface area contributed by atoms with Gasteiger partial charge in [-0.15, -0.1) is 0 Å². The van der Waals surface area contributed by atoms with Crippen LogP contribution in [0.4, 0.5) is 26.1 Å². The minimum atomic E-state index is -0.782. The molecule has 3 aromatic rings. The number of benzene rings is 2. The van der Waals surface area contributed by atoms with Crippen molar-refractivity contribution in [2.24, 2.45) is 0 Å². The van der Waals surface area contributed by atoms with Crippen molar-refractivity contribution in [2.75, 3.05) is 24.9 Å². The lowest BCUT2D eigenvalue weighted by molar-refractivity contribution is 0.102. The number of aromatic nitrogens is 2. The van der Waals surface area contributed by atoms with E-state index >= 15 is 0 Å². The SMILES string of the molecule is COc1ccc(OC)c(NC(=O)c2cnc(Nc3c(F)cccc3F)nc2)c1. The Labute approximate surface area is 159 Å². The van der Waals surface area contributed by atoms with Gasteiger partial charge in [-0.25, -0.2) is 18.7 Å². The summed E-state index contributed by atoms with van der Waals surface area (Å²) in [5.41, 5.74) is 0.174. The molecule has 28 heavy (non-hydrogen) atoms. The van der Waals surface area contributed by atoms with E-state index in [1.807, 2.05) is 0 Å². The molecule has 7 nitrogen and oxygen atoms in total. The Morgan fingerprint density at radius 1 is 1.00 bits per heavy atom. The number of carbonyl (C=O) groups excluding carboxylic acids is 1. The van der Waals surface area contributed by atoms with E-state index in [2.05, 4.69) is 20.6 Å². The van der Waals surface area contributed by atoms with Gasteiger partial charge in [0.05, 0.1) is 25.5 Å². The van der Waals surface area contributed by atoms with Crippen molar-refractivity contribution in [3.8, 4) is 11.5 Å². The summed E-state index contributed by atoms with van der Waals surface area (Å²) in [6.07, 6.45) is 2.46. The highest BCUT2D eigenvalue weighted by atomic mass is 19.1. The number of amides is 1. The molecule has 2 N–H and O–H groups in total. The quantitative estimate of drug-likeness (QED) is 0.671. The topological polar surface area (TPSA) is 85.4 Å². The van der Waals surface area contributed by atoms with E-state index in [-0.39, 0.29) is 17.2 Å². The number of halogens is 2. The normalized spacial score (nSPS) is 10.3. The van der Waals surface area contributed by atoms with Crippen LogP contribution in [0.5, 0.6) is 11.5 Å². The van der Waals surface area contributed by atoms with Gasteiger partial charge in [0.2, 0.25) is 5.95 Å². The number of ether oxygens (including phenoxy) is 2. The van der Waals surface area contributed by atoms with Gasteiger partial charge in [-0.05, 0) is 24.3 Å². The van der Waals surface area contributed by atoms with Gasteiger partial charge in [0.25, 0.3) is 5.91 Å². The number of carbonyl (C=O) groups is 1. The van der Waals surface area contributed by atoms with Crippen LogP contribution in [0.15, 0.2) is 48.8 Å². The van der Waals surface area contributed by atoms with Crippen LogP contribution in [0.1, 0.15) is 10.4 Å². The molecule has 0 unspecified atom stereocenters. The molecule has 1 aromatic heterocycles. The van der Waals surface area contributed by atoms with Crippen molar-refractivity contribution in [1.82, 2.24) is 9.97 Å². The van der Waals surface area contributed by atoms with Crippen molar-refractivity contribution in [3.05, 3.63) is 66.0 Å². The van der Waals surface area contributed by atoms with Gasteiger partial charge >= 0.3 is 0 Å². The summed E-state index contributed by atoms with van der Waals surface area (Å²) in [7, 11) is 2.98. The lowest BCUT2D eigenvalue weighted by atomic mass is 10.2. The summed E-state index contributed by atoms with van der Waals surface area (Å²) >= 11 is 0. The van der Waals surface area contributed by atoms with Crippen molar-refractivity contribution in [2.45, 2.75) is 0 Å². The second kappa shape index (κ2) is 8.30. The zero-order valence-corrected chi connectivity index (χ0v) is 15.0. The molecule has 0 radical (unpaired) electrons. The highest BCUT2D eigenvalue weighted by Gasteiger charge is 2.14. The van der Waals surface area contributed by atoms with Crippen LogP contribution in [0, 0.1) is 11.6 Å². The molecule has 0 atom stereocenters. The molecule has 0 saturated carbocycles. The number of hydrogen-bond donors (Lipinski definition) is 2. The molecule has 0 fully saturated rings. The van der Waals surface area contributed by atoms with Crippen LogP contribution < -0.4 is 20.1 Å². The minimum Gasteiger partial charge on any atom is -0.497 e. The molecule has 0 aliphatic heterocycles. The first kappa shape index (κ1) is 19.0. The molecule has 1 heterocycles. The Morgan fingerprint density at radius 2 is 1.68 bits per heavy atom. The Morgan fingerprint density at radius 3 is 2.29 bits per heavy atom. The first-order chi connectivity index (χ1) is 13.5. The van der Waals surface area contributed by atoms with Gasteiger partial charge < -0.3 is 20.1 Å². The van der Waals surface area contributed by atoms with Gasteiger partial charge in [0, 0.05) is 18.5 Å². The fourth-order valence-electron chi connectivity index (χ4n) is 2.35. The highest BCUT2D eigenvalue weighted by Crippen LogP contribution is 2.29. The van der Waals surface area contributed by atoms with E-state index in [1.165, 1.54) is 32.7 Å². The second-order valence-electron chi connectivity index (χ2n) is 5.54. The molecule has 0 aliphatic rings. The number of anilines is 3. The van der Waals surface area contributed by atoms with Crippen LogP contribution in [-0.2, 0) is 0 Å². The van der Waals surface area contributed by atoms with E-state index < -0.39 is 17.5 Å². The summed E-state index contributed by atoms with van der Waals surface area (Å²) < 4.78 is 37.7. The summed E-state index contributed by atoms with van der Waals surface area (Å²) in [6.45, 7) is 0. The Balaban J connectivity index is 1.76. The number of rotatable bonds is 6. The molecule has 144 valence electrons. The smallest absolute Gasteiger partial charge is 0.258 e. The maximum atomic E-state index is 13.7. The number of para-hydroxylation sites is 1. The monoisotopic (exact) mass is 386 g/mol. The average Bonchev–Trinajstić information content (AvgIpc) is 2.71. The number of nitrogens with zero attached hydrogens (tertiary/aromatic N) is 2. The Bertz CT molecular complexity index is 977. The van der Waals surface area contributed by atoms with E-state index in [0.29, 0.717) is 17.2 Å². The molecule has 9 heteroatoms. The molecule has 3 rings (SSSR count). The van der Waals surface area contributed by atoms with Crippen LogP contribution in [0.25, 0.3) is 0 Å². The van der Waals surface area contributed by atoms with Crippen molar-refractivity contribution >= 4 is 23.2 Å². The predicted molar refractivity (Wildman–Crippen MR) is 99.2 cm³/mol. The Hall–Kier alpha value is -3.75. The van der Waals surface area contributed by atoms with Gasteiger partial charge in [-0.1, -0.05) is 6.07 Å². The fraction of sp³-hybridized carbons (Fsp3) is 0.105. The Kier molecular flexibility index (Phi) is 5.64. The van der Waals surface area contributed by atoms with Crippen molar-refractivity contribution in [3.63, 3.8) is 0 Å². The molecule has 2 aromatic carbocycles. The van der Waals surface area contributed by atoms with Crippen molar-refractivity contribution < 1.29 is 23.0 Å². The standard InChI is InChI=1S/C19H16F2N4O3/c1-27-12-6-7-16(28-2)15(8-12)24-18(26)11-9-22-19(23-10-11)25-17-13(20)4-3-5-14(17)21/h3-10H,1-2H3,(H,24,26)(H,22,23,25). The van der Waals surface area contributed by atoms with Gasteiger partial charge in [-0.2, -0.15) is 0 Å². The number of hydrogen-bond acceptors (Lipinski definition) is 6. The molecule has 0 aliphatic carbocycles. The van der Waals surface area contributed by atoms with Gasteiger partial charge in [0.1, 0.15) is 28.8 Å². The third-order valence-electron chi connectivity index (χ3n) is 3.77. The molecule has 0 spiro atoms. The molecule has 1 amide bonds. The van der Waals surface area contributed by atoms with Crippen LogP contribution in [0.3, 0.4) is 0 Å². The number of methoxy groups -OCH3 is 2. The zero-order valence-electron chi connectivity index (χ0n) is 15.0. The number of nitrogens with one attached hydrogen (secondary N) is 2. The zero-order chi connectivity index (χ0) is 20.1. The fourth-order valence-corrected chi connectivity index (χ4v) is 2.35. The van der Waals surface area contributed by atoms with Gasteiger partial charge in [0.15, 0.2) is 0 Å². The van der Waals surface area contributed by atoms with Crippen LogP contribution in [-0.4, -0.2) is 30.1 Å². The molecule has 0 bridgehead atoms. The molecular weight excluding hydrogens is 370 g/mol. The summed E-state index contributed by atoms with van der Waals surface area (Å²) in [5.74, 6) is -1.12. The van der Waals surface area contributed by atoms with Crippen LogP contribution >= 0.6 is 0 Å². The maximum absolute atomic E-state index is 13.7. The first-order valence-electron chi connectivity index (χ1n) is 8.08.